The van der Waals surface area contributed by atoms with Gasteiger partial charge in [-0.2, -0.15) is 0 Å². The summed E-state index contributed by atoms with van der Waals surface area (Å²) < 4.78 is 30.1. The van der Waals surface area contributed by atoms with E-state index in [0.717, 1.165) is 16.8 Å². The summed E-state index contributed by atoms with van der Waals surface area (Å²) in [5, 5.41) is 11.8. The Balaban J connectivity index is 1.71. The molecule has 0 aliphatic rings. The van der Waals surface area contributed by atoms with Crippen molar-refractivity contribution in [1.82, 2.24) is 10.2 Å². The number of nitrogens with zero attached hydrogens (tertiary/aromatic N) is 2. The van der Waals surface area contributed by atoms with Gasteiger partial charge in [-0.15, -0.1) is 10.2 Å². The molecule has 0 spiro atoms. The summed E-state index contributed by atoms with van der Waals surface area (Å²) in [5.74, 6) is 1.64. The fourth-order valence-corrected chi connectivity index (χ4v) is 3.08. The highest BCUT2D eigenvalue weighted by molar-refractivity contribution is 5.57. The maximum atomic E-state index is 13.5. The number of methoxy groups -OCH3 is 2. The van der Waals surface area contributed by atoms with E-state index in [9.17, 15) is 4.39 Å². The van der Waals surface area contributed by atoms with Gasteiger partial charge in [-0.05, 0) is 42.0 Å². The lowest BCUT2D eigenvalue weighted by atomic mass is 10.1. The van der Waals surface area contributed by atoms with Crippen LogP contribution in [0.3, 0.4) is 0 Å². The van der Waals surface area contributed by atoms with Crippen LogP contribution < -0.4 is 14.8 Å². The molecule has 0 radical (unpaired) electrons. The van der Waals surface area contributed by atoms with Crippen molar-refractivity contribution < 1.29 is 18.3 Å². The van der Waals surface area contributed by atoms with Gasteiger partial charge in [0.15, 0.2) is 11.5 Å². The van der Waals surface area contributed by atoms with Gasteiger partial charge in [0.05, 0.1) is 14.2 Å². The number of hydrogen-bond acceptors (Lipinski definition) is 6. The molecule has 3 aromatic carbocycles. The second-order valence-corrected chi connectivity index (χ2v) is 6.51. The van der Waals surface area contributed by atoms with E-state index in [4.69, 9.17) is 13.9 Å². The van der Waals surface area contributed by atoms with Gasteiger partial charge >= 0.3 is 0 Å². The summed E-state index contributed by atoms with van der Waals surface area (Å²) >= 11 is 0. The van der Waals surface area contributed by atoms with Crippen molar-refractivity contribution >= 4 is 5.69 Å². The standard InChI is InChI=1S/C23H20FN3O3/c1-28-19-13-12-18(14-20(19)29-2)25-21(15-8-10-17(24)11-9-15)23-27-26-22(30-23)16-6-4-3-5-7-16/h3-14,21,25H,1-2H3/t21-/m1/s1. The predicted octanol–water partition coefficient (Wildman–Crippen LogP) is 5.09. The van der Waals surface area contributed by atoms with Crippen molar-refractivity contribution in [3.63, 3.8) is 0 Å². The number of hydrogen-bond donors (Lipinski definition) is 1. The molecule has 0 unspecified atom stereocenters. The molecule has 152 valence electrons. The highest BCUT2D eigenvalue weighted by Gasteiger charge is 2.22. The number of halogens is 1. The SMILES string of the molecule is COc1ccc(N[C@H](c2ccc(F)cc2)c2nnc(-c3ccccc3)o2)cc1OC. The van der Waals surface area contributed by atoms with E-state index in [-0.39, 0.29) is 5.82 Å². The summed E-state index contributed by atoms with van der Waals surface area (Å²) in [7, 11) is 3.15. The minimum Gasteiger partial charge on any atom is -0.493 e. The van der Waals surface area contributed by atoms with Crippen LogP contribution in [0.15, 0.2) is 77.2 Å². The summed E-state index contributed by atoms with van der Waals surface area (Å²) in [6.45, 7) is 0. The maximum absolute atomic E-state index is 13.5. The quantitative estimate of drug-likeness (QED) is 0.462. The highest BCUT2D eigenvalue weighted by Crippen LogP contribution is 2.33. The first kappa shape index (κ1) is 19.4. The molecule has 0 aliphatic carbocycles. The van der Waals surface area contributed by atoms with Gasteiger partial charge in [-0.1, -0.05) is 30.3 Å². The fourth-order valence-electron chi connectivity index (χ4n) is 3.08. The van der Waals surface area contributed by atoms with E-state index in [1.165, 1.54) is 12.1 Å². The van der Waals surface area contributed by atoms with Crippen molar-refractivity contribution in [2.45, 2.75) is 6.04 Å². The summed E-state index contributed by atoms with van der Waals surface area (Å²) in [5.41, 5.74) is 2.34. The smallest absolute Gasteiger partial charge is 0.247 e. The average Bonchev–Trinajstić information content (AvgIpc) is 3.28. The Kier molecular flexibility index (Phi) is 5.61. The number of nitrogens with one attached hydrogen (secondary N) is 1. The first-order valence-electron chi connectivity index (χ1n) is 9.31. The Morgan fingerprint density at radius 1 is 0.867 bits per heavy atom. The lowest BCUT2D eigenvalue weighted by molar-refractivity contribution is 0.355. The van der Waals surface area contributed by atoms with Crippen LogP contribution in [0.2, 0.25) is 0 Å². The van der Waals surface area contributed by atoms with Gasteiger partial charge in [0, 0.05) is 17.3 Å². The van der Waals surface area contributed by atoms with E-state index in [1.54, 1.807) is 32.4 Å². The summed E-state index contributed by atoms with van der Waals surface area (Å²) in [4.78, 5) is 0. The van der Waals surface area contributed by atoms with Gasteiger partial charge in [0.2, 0.25) is 11.8 Å². The molecule has 0 amide bonds. The zero-order chi connectivity index (χ0) is 20.9. The average molecular weight is 405 g/mol. The molecule has 0 saturated heterocycles. The number of aromatic nitrogens is 2. The van der Waals surface area contributed by atoms with Crippen LogP contribution in [0.25, 0.3) is 11.5 Å². The normalized spacial score (nSPS) is 11.7. The minimum absolute atomic E-state index is 0.320. The van der Waals surface area contributed by atoms with Crippen molar-refractivity contribution in [3.8, 4) is 23.0 Å². The zero-order valence-electron chi connectivity index (χ0n) is 16.5. The topological polar surface area (TPSA) is 69.4 Å². The largest absolute Gasteiger partial charge is 0.493 e. The second kappa shape index (κ2) is 8.65. The van der Waals surface area contributed by atoms with E-state index < -0.39 is 6.04 Å². The van der Waals surface area contributed by atoms with Crippen molar-refractivity contribution in [2.24, 2.45) is 0 Å². The van der Waals surface area contributed by atoms with Gasteiger partial charge in [-0.25, -0.2) is 4.39 Å². The molecule has 4 aromatic rings. The second-order valence-electron chi connectivity index (χ2n) is 6.51. The molecule has 4 rings (SSSR count). The molecule has 1 heterocycles. The molecule has 6 nitrogen and oxygen atoms in total. The van der Waals surface area contributed by atoms with E-state index >= 15 is 0 Å². The lowest BCUT2D eigenvalue weighted by Gasteiger charge is -2.18. The third kappa shape index (κ3) is 4.10. The van der Waals surface area contributed by atoms with Crippen molar-refractivity contribution in [1.29, 1.82) is 0 Å². The number of anilines is 1. The Labute approximate surface area is 173 Å². The first-order valence-corrected chi connectivity index (χ1v) is 9.31. The van der Waals surface area contributed by atoms with E-state index in [2.05, 4.69) is 15.5 Å². The highest BCUT2D eigenvalue weighted by atomic mass is 19.1. The molecule has 1 aromatic heterocycles. The summed E-state index contributed by atoms with van der Waals surface area (Å²) in [6, 6.07) is 20.6. The molecular formula is C23H20FN3O3. The molecule has 0 aliphatic heterocycles. The summed E-state index contributed by atoms with van der Waals surface area (Å²) in [6.07, 6.45) is 0. The maximum Gasteiger partial charge on any atom is 0.247 e. The number of rotatable bonds is 7. The van der Waals surface area contributed by atoms with Crippen LogP contribution in [0.4, 0.5) is 10.1 Å². The Bertz CT molecular complexity index is 1110. The van der Waals surface area contributed by atoms with Gasteiger partial charge in [0.1, 0.15) is 11.9 Å². The fraction of sp³-hybridized carbons (Fsp3) is 0.130. The third-order valence-electron chi connectivity index (χ3n) is 4.61. The zero-order valence-corrected chi connectivity index (χ0v) is 16.5. The van der Waals surface area contributed by atoms with Crippen LogP contribution in [0, 0.1) is 5.82 Å². The molecule has 0 fully saturated rings. The molecular weight excluding hydrogens is 385 g/mol. The molecule has 0 bridgehead atoms. The van der Waals surface area contributed by atoms with Crippen LogP contribution >= 0.6 is 0 Å². The Hall–Kier alpha value is -3.87. The molecule has 0 saturated carbocycles. The van der Waals surface area contributed by atoms with Crippen LogP contribution in [-0.2, 0) is 0 Å². The Morgan fingerprint density at radius 2 is 1.60 bits per heavy atom. The van der Waals surface area contributed by atoms with E-state index in [0.29, 0.717) is 23.3 Å². The lowest BCUT2D eigenvalue weighted by Crippen LogP contribution is -2.13. The van der Waals surface area contributed by atoms with Gasteiger partial charge < -0.3 is 19.2 Å². The van der Waals surface area contributed by atoms with Crippen molar-refractivity contribution in [3.05, 3.63) is 90.1 Å². The minimum atomic E-state index is -0.492. The molecule has 1 atom stereocenters. The number of ether oxygens (including phenoxy) is 2. The van der Waals surface area contributed by atoms with E-state index in [1.807, 2.05) is 42.5 Å². The van der Waals surface area contributed by atoms with Crippen LogP contribution in [-0.4, -0.2) is 24.4 Å². The molecule has 7 heteroatoms. The molecule has 30 heavy (non-hydrogen) atoms. The molecule has 1 N–H and O–H groups in total. The number of benzene rings is 3. The van der Waals surface area contributed by atoms with Gasteiger partial charge in [0.25, 0.3) is 0 Å². The Morgan fingerprint density at radius 3 is 2.30 bits per heavy atom. The van der Waals surface area contributed by atoms with Gasteiger partial charge in [-0.3, -0.25) is 0 Å². The van der Waals surface area contributed by atoms with Crippen LogP contribution in [0.5, 0.6) is 11.5 Å². The first-order chi connectivity index (χ1) is 14.7. The van der Waals surface area contributed by atoms with Crippen molar-refractivity contribution in [2.75, 3.05) is 19.5 Å². The van der Waals surface area contributed by atoms with Crippen LogP contribution in [0.1, 0.15) is 17.5 Å². The third-order valence-corrected chi connectivity index (χ3v) is 4.61. The monoisotopic (exact) mass is 405 g/mol. The predicted molar refractivity (Wildman–Crippen MR) is 111 cm³/mol.